The summed E-state index contributed by atoms with van der Waals surface area (Å²) < 4.78 is 30.5. The standard InChI is InChI=1S/C24H28N2O.C7H8O3S/c1-3-26(4-2,19-20-10-6-5-7-11-20)17-16-25-24(27)23-15-14-21-12-8-9-13-22(21)18-23;1-6-2-4-7(5-3-6)11(8,9)10/h5-15,18H,3-4,16-17,19H2,1-2H3;2-5H,1H3,(H,8,9,10)/p+1. The maximum atomic E-state index is 12.6. The monoisotopic (exact) mass is 533 g/mol. The van der Waals surface area contributed by atoms with Crippen LogP contribution in [0.2, 0.25) is 0 Å². The fourth-order valence-corrected chi connectivity index (χ4v) is 4.84. The number of nitrogens with zero attached hydrogens (tertiary/aromatic N) is 1. The molecule has 0 atom stereocenters. The Morgan fingerprint density at radius 3 is 2.03 bits per heavy atom. The summed E-state index contributed by atoms with van der Waals surface area (Å²) >= 11 is 0. The molecular weight excluding hydrogens is 496 g/mol. The molecule has 0 unspecified atom stereocenters. The number of nitrogens with one attached hydrogen (secondary N) is 1. The lowest BCUT2D eigenvalue weighted by Crippen LogP contribution is -2.51. The van der Waals surface area contributed by atoms with E-state index in [0.29, 0.717) is 6.54 Å². The highest BCUT2D eigenvalue weighted by atomic mass is 32.2. The summed E-state index contributed by atoms with van der Waals surface area (Å²) in [6.45, 7) is 11.0. The SMILES string of the molecule is CC[N+](CC)(CCNC(=O)c1ccc2ccccc2c1)Cc1ccccc1.Cc1ccc(S(=O)(=O)O)cc1. The zero-order valence-corrected chi connectivity index (χ0v) is 23.1. The highest BCUT2D eigenvalue weighted by molar-refractivity contribution is 7.85. The van der Waals surface area contributed by atoms with Crippen molar-refractivity contribution in [2.24, 2.45) is 0 Å². The van der Waals surface area contributed by atoms with Gasteiger partial charge in [-0.25, -0.2) is 0 Å². The van der Waals surface area contributed by atoms with Crippen molar-refractivity contribution in [3.63, 3.8) is 0 Å². The third-order valence-corrected chi connectivity index (χ3v) is 7.77. The molecule has 0 saturated heterocycles. The Labute approximate surface area is 226 Å². The highest BCUT2D eigenvalue weighted by Gasteiger charge is 2.23. The van der Waals surface area contributed by atoms with Gasteiger partial charge in [0.1, 0.15) is 6.54 Å². The number of hydrogen-bond donors (Lipinski definition) is 2. The van der Waals surface area contributed by atoms with Crippen LogP contribution in [0.15, 0.2) is 102 Å². The molecule has 4 aromatic rings. The summed E-state index contributed by atoms with van der Waals surface area (Å²) in [5.74, 6) is 0.00534. The van der Waals surface area contributed by atoms with E-state index < -0.39 is 10.1 Å². The van der Waals surface area contributed by atoms with Crippen LogP contribution in [-0.2, 0) is 16.7 Å². The number of aryl methyl sites for hydroxylation is 1. The van der Waals surface area contributed by atoms with E-state index in [0.717, 1.165) is 52.6 Å². The predicted octanol–water partition coefficient (Wildman–Crippen LogP) is 5.87. The van der Waals surface area contributed by atoms with Crippen molar-refractivity contribution in [1.29, 1.82) is 0 Å². The third kappa shape index (κ3) is 8.25. The van der Waals surface area contributed by atoms with Gasteiger partial charge in [-0.05, 0) is 55.8 Å². The second-order valence-electron chi connectivity index (χ2n) is 9.45. The second-order valence-corrected chi connectivity index (χ2v) is 10.9. The third-order valence-electron chi connectivity index (χ3n) is 6.90. The number of likely N-dealkylation sites (N-methyl/N-ethyl adjacent to an activating group) is 1. The van der Waals surface area contributed by atoms with Crippen molar-refractivity contribution >= 4 is 26.8 Å². The Bertz CT molecular complexity index is 1430. The van der Waals surface area contributed by atoms with Crippen LogP contribution in [0, 0.1) is 6.92 Å². The maximum absolute atomic E-state index is 12.6. The van der Waals surface area contributed by atoms with Crippen molar-refractivity contribution in [1.82, 2.24) is 5.32 Å². The van der Waals surface area contributed by atoms with Crippen LogP contribution in [0.3, 0.4) is 0 Å². The highest BCUT2D eigenvalue weighted by Crippen LogP contribution is 2.16. The molecule has 0 aliphatic heterocycles. The topological polar surface area (TPSA) is 83.5 Å². The van der Waals surface area contributed by atoms with Gasteiger partial charge in [0, 0.05) is 11.1 Å². The molecule has 0 spiro atoms. The first kappa shape index (κ1) is 29.0. The molecule has 0 bridgehead atoms. The van der Waals surface area contributed by atoms with E-state index in [2.05, 4.69) is 55.6 Å². The van der Waals surface area contributed by atoms with E-state index in [1.54, 1.807) is 12.1 Å². The number of rotatable bonds is 9. The first-order valence-electron chi connectivity index (χ1n) is 12.9. The van der Waals surface area contributed by atoms with Gasteiger partial charge >= 0.3 is 0 Å². The molecule has 0 saturated carbocycles. The van der Waals surface area contributed by atoms with Crippen LogP contribution in [-0.4, -0.2) is 49.5 Å². The van der Waals surface area contributed by atoms with Gasteiger partial charge in [-0.3, -0.25) is 9.35 Å². The van der Waals surface area contributed by atoms with Crippen LogP contribution >= 0.6 is 0 Å². The van der Waals surface area contributed by atoms with Gasteiger partial charge in [-0.2, -0.15) is 8.42 Å². The molecule has 7 heteroatoms. The van der Waals surface area contributed by atoms with Crippen LogP contribution in [0.4, 0.5) is 0 Å². The van der Waals surface area contributed by atoms with Gasteiger partial charge < -0.3 is 9.80 Å². The van der Waals surface area contributed by atoms with E-state index in [-0.39, 0.29) is 10.8 Å². The average molecular weight is 534 g/mol. The fourth-order valence-electron chi connectivity index (χ4n) is 4.36. The van der Waals surface area contributed by atoms with Crippen LogP contribution in [0.5, 0.6) is 0 Å². The Morgan fingerprint density at radius 1 is 0.816 bits per heavy atom. The number of amides is 1. The Hall–Kier alpha value is -3.52. The molecule has 0 heterocycles. The van der Waals surface area contributed by atoms with Crippen molar-refractivity contribution in [2.45, 2.75) is 32.2 Å². The number of carbonyl (C=O) groups is 1. The van der Waals surface area contributed by atoms with Gasteiger partial charge in [0.25, 0.3) is 16.0 Å². The van der Waals surface area contributed by atoms with Gasteiger partial charge in [-0.1, -0.05) is 78.4 Å². The summed E-state index contributed by atoms with van der Waals surface area (Å²) in [5.41, 5.74) is 3.03. The molecule has 38 heavy (non-hydrogen) atoms. The minimum absolute atomic E-state index is 0.00534. The smallest absolute Gasteiger partial charge is 0.294 e. The van der Waals surface area contributed by atoms with Crippen LogP contribution in [0.25, 0.3) is 10.8 Å². The lowest BCUT2D eigenvalue weighted by atomic mass is 10.1. The van der Waals surface area contributed by atoms with E-state index in [1.807, 2.05) is 43.3 Å². The molecule has 0 fully saturated rings. The van der Waals surface area contributed by atoms with Gasteiger partial charge in [0.2, 0.25) is 0 Å². The number of hydrogen-bond acceptors (Lipinski definition) is 3. The van der Waals surface area contributed by atoms with E-state index in [4.69, 9.17) is 4.55 Å². The second kappa shape index (κ2) is 13.3. The average Bonchev–Trinajstić information content (AvgIpc) is 2.93. The van der Waals surface area contributed by atoms with Crippen molar-refractivity contribution in [3.05, 3.63) is 114 Å². The van der Waals surface area contributed by atoms with Gasteiger partial charge in [-0.15, -0.1) is 0 Å². The molecule has 0 aliphatic rings. The number of fused-ring (bicyclic) bond motifs is 1. The lowest BCUT2D eigenvalue weighted by molar-refractivity contribution is -0.936. The fraction of sp³-hybridized carbons (Fsp3) is 0.258. The molecule has 0 aliphatic carbocycles. The number of quaternary nitrogens is 1. The van der Waals surface area contributed by atoms with Crippen molar-refractivity contribution < 1.29 is 22.2 Å². The van der Waals surface area contributed by atoms with Gasteiger partial charge in [0.05, 0.1) is 31.1 Å². The molecular formula is C31H37N2O4S+. The number of carbonyl (C=O) groups excluding carboxylic acids is 1. The van der Waals surface area contributed by atoms with E-state index in [1.165, 1.54) is 17.7 Å². The first-order valence-corrected chi connectivity index (χ1v) is 14.3. The van der Waals surface area contributed by atoms with Crippen molar-refractivity contribution in [3.8, 4) is 0 Å². The molecule has 1 amide bonds. The summed E-state index contributed by atoms with van der Waals surface area (Å²) in [4.78, 5) is 12.5. The van der Waals surface area contributed by atoms with Crippen LogP contribution < -0.4 is 5.32 Å². The zero-order valence-electron chi connectivity index (χ0n) is 22.3. The zero-order chi connectivity index (χ0) is 27.6. The number of benzene rings is 4. The molecule has 0 aromatic heterocycles. The Morgan fingerprint density at radius 2 is 1.42 bits per heavy atom. The minimum atomic E-state index is -4.02. The van der Waals surface area contributed by atoms with Gasteiger partial charge in [0.15, 0.2) is 0 Å². The maximum Gasteiger partial charge on any atom is 0.294 e. The summed E-state index contributed by atoms with van der Waals surface area (Å²) in [6, 6.07) is 30.6. The molecule has 4 rings (SSSR count). The normalized spacial score (nSPS) is 11.5. The molecule has 2 N–H and O–H groups in total. The summed E-state index contributed by atoms with van der Waals surface area (Å²) in [6.07, 6.45) is 0. The molecule has 200 valence electrons. The van der Waals surface area contributed by atoms with Crippen molar-refractivity contribution in [2.75, 3.05) is 26.2 Å². The Balaban J connectivity index is 0.000000304. The largest absolute Gasteiger partial charge is 0.346 e. The molecule has 0 radical (unpaired) electrons. The summed E-state index contributed by atoms with van der Waals surface area (Å²) in [5, 5.41) is 5.37. The van der Waals surface area contributed by atoms with Crippen LogP contribution in [0.1, 0.15) is 35.3 Å². The minimum Gasteiger partial charge on any atom is -0.346 e. The molecule has 4 aromatic carbocycles. The molecule has 6 nitrogen and oxygen atoms in total. The van der Waals surface area contributed by atoms with E-state index >= 15 is 0 Å². The van der Waals surface area contributed by atoms with E-state index in [9.17, 15) is 13.2 Å². The Kier molecular flexibility index (Phi) is 10.2. The lowest BCUT2D eigenvalue weighted by Gasteiger charge is -2.37. The first-order chi connectivity index (χ1) is 18.2. The quantitative estimate of drug-likeness (QED) is 0.208. The predicted molar refractivity (Wildman–Crippen MR) is 154 cm³/mol. The summed E-state index contributed by atoms with van der Waals surface area (Å²) in [7, 11) is -4.02.